The van der Waals surface area contributed by atoms with Gasteiger partial charge in [0, 0.05) is 19.0 Å². The number of sulfonamides is 1. The first kappa shape index (κ1) is 22.1. The predicted octanol–water partition coefficient (Wildman–Crippen LogP) is 3.55. The van der Waals surface area contributed by atoms with Crippen LogP contribution in [0.2, 0.25) is 0 Å². The standard InChI is InChI=1S/C22H27NO6S/c1-22(2)13-19(23(3)30(5,25)26)18-12-17(10-11-20(18)29-22)28-14-15-6-8-16(9-7-15)21(24)27-4/h6-12,19H,13-14H2,1-5H3. The lowest BCUT2D eigenvalue weighted by atomic mass is 9.89. The maximum atomic E-state index is 12.2. The van der Waals surface area contributed by atoms with Crippen molar-refractivity contribution >= 4 is 16.0 Å². The Morgan fingerprint density at radius 1 is 1.20 bits per heavy atom. The molecule has 0 spiro atoms. The van der Waals surface area contributed by atoms with E-state index >= 15 is 0 Å². The van der Waals surface area contributed by atoms with Crippen LogP contribution in [0, 0.1) is 0 Å². The Kier molecular flexibility index (Phi) is 6.10. The maximum Gasteiger partial charge on any atom is 0.337 e. The minimum atomic E-state index is -3.38. The van der Waals surface area contributed by atoms with Crippen LogP contribution in [0.3, 0.4) is 0 Å². The predicted molar refractivity (Wildman–Crippen MR) is 113 cm³/mol. The first-order valence-electron chi connectivity index (χ1n) is 9.56. The molecular weight excluding hydrogens is 406 g/mol. The largest absolute Gasteiger partial charge is 0.489 e. The Labute approximate surface area is 177 Å². The number of nitrogens with zero attached hydrogens (tertiary/aromatic N) is 1. The molecule has 1 aliphatic rings. The zero-order chi connectivity index (χ0) is 22.1. The number of ether oxygens (including phenoxy) is 3. The van der Waals surface area contributed by atoms with Crippen LogP contribution in [0.4, 0.5) is 0 Å². The zero-order valence-corrected chi connectivity index (χ0v) is 18.7. The molecule has 2 aromatic carbocycles. The van der Waals surface area contributed by atoms with E-state index in [1.54, 1.807) is 37.4 Å². The lowest BCUT2D eigenvalue weighted by molar-refractivity contribution is 0.0539. The summed E-state index contributed by atoms with van der Waals surface area (Å²) in [6.45, 7) is 4.20. The number of rotatable bonds is 6. The number of methoxy groups -OCH3 is 1. The van der Waals surface area contributed by atoms with Gasteiger partial charge in [0.1, 0.15) is 23.7 Å². The Bertz CT molecular complexity index is 1030. The highest BCUT2D eigenvalue weighted by Crippen LogP contribution is 2.44. The molecule has 8 heteroatoms. The average molecular weight is 434 g/mol. The molecule has 2 aromatic rings. The summed E-state index contributed by atoms with van der Waals surface area (Å²) in [5.74, 6) is 0.878. The molecule has 0 aromatic heterocycles. The highest BCUT2D eigenvalue weighted by molar-refractivity contribution is 7.88. The van der Waals surface area contributed by atoms with Gasteiger partial charge >= 0.3 is 5.97 Å². The van der Waals surface area contributed by atoms with E-state index in [4.69, 9.17) is 14.2 Å². The molecule has 7 nitrogen and oxygen atoms in total. The van der Waals surface area contributed by atoms with Gasteiger partial charge in [-0.15, -0.1) is 0 Å². The van der Waals surface area contributed by atoms with Crippen molar-refractivity contribution in [3.05, 3.63) is 59.2 Å². The van der Waals surface area contributed by atoms with Crippen LogP contribution in [0.15, 0.2) is 42.5 Å². The molecule has 0 fully saturated rings. The van der Waals surface area contributed by atoms with Crippen molar-refractivity contribution in [1.82, 2.24) is 4.31 Å². The molecular formula is C22H27NO6S. The number of hydrogen-bond acceptors (Lipinski definition) is 6. The van der Waals surface area contributed by atoms with E-state index in [1.165, 1.54) is 17.7 Å². The van der Waals surface area contributed by atoms with Gasteiger partial charge in [0.2, 0.25) is 10.0 Å². The van der Waals surface area contributed by atoms with Crippen molar-refractivity contribution in [1.29, 1.82) is 0 Å². The van der Waals surface area contributed by atoms with Gasteiger partial charge in [-0.1, -0.05) is 12.1 Å². The Hall–Kier alpha value is -2.58. The van der Waals surface area contributed by atoms with Crippen LogP contribution in [-0.2, 0) is 21.4 Å². The van der Waals surface area contributed by atoms with Crippen LogP contribution < -0.4 is 9.47 Å². The van der Waals surface area contributed by atoms with Gasteiger partial charge in [0.05, 0.1) is 25.0 Å². The molecule has 0 saturated carbocycles. The van der Waals surface area contributed by atoms with Crippen LogP contribution in [0.1, 0.15) is 47.8 Å². The van der Waals surface area contributed by atoms with E-state index in [-0.39, 0.29) is 12.0 Å². The number of carbonyl (C=O) groups is 1. The molecule has 0 bridgehead atoms. The number of carbonyl (C=O) groups excluding carboxylic acids is 1. The summed E-state index contributed by atoms with van der Waals surface area (Å²) in [5, 5.41) is 0. The summed E-state index contributed by atoms with van der Waals surface area (Å²) in [6, 6.07) is 12.1. The van der Waals surface area contributed by atoms with Gasteiger partial charge in [-0.2, -0.15) is 4.31 Å². The number of esters is 1. The monoisotopic (exact) mass is 433 g/mol. The van der Waals surface area contributed by atoms with Crippen molar-refractivity contribution in [3.63, 3.8) is 0 Å². The van der Waals surface area contributed by atoms with Crippen LogP contribution in [-0.4, -0.2) is 44.7 Å². The number of benzene rings is 2. The molecule has 1 heterocycles. The highest BCUT2D eigenvalue weighted by Gasteiger charge is 2.38. The van der Waals surface area contributed by atoms with Gasteiger partial charge in [-0.3, -0.25) is 0 Å². The molecule has 162 valence electrons. The fourth-order valence-electron chi connectivity index (χ4n) is 3.46. The quantitative estimate of drug-likeness (QED) is 0.648. The summed E-state index contributed by atoms with van der Waals surface area (Å²) in [4.78, 5) is 11.5. The Balaban J connectivity index is 1.81. The molecule has 0 radical (unpaired) electrons. The molecule has 1 aliphatic heterocycles. The third-order valence-electron chi connectivity index (χ3n) is 5.15. The maximum absolute atomic E-state index is 12.2. The molecule has 1 unspecified atom stereocenters. The molecule has 0 saturated heterocycles. The van der Waals surface area contributed by atoms with E-state index in [0.717, 1.165) is 11.1 Å². The summed E-state index contributed by atoms with van der Waals surface area (Å²) in [5.41, 5.74) is 1.66. The first-order valence-corrected chi connectivity index (χ1v) is 11.4. The lowest BCUT2D eigenvalue weighted by Gasteiger charge is -2.40. The summed E-state index contributed by atoms with van der Waals surface area (Å²) in [6.07, 6.45) is 1.73. The Morgan fingerprint density at radius 3 is 2.47 bits per heavy atom. The first-order chi connectivity index (χ1) is 14.0. The highest BCUT2D eigenvalue weighted by atomic mass is 32.2. The second kappa shape index (κ2) is 8.28. The van der Waals surface area contributed by atoms with Gasteiger partial charge in [0.25, 0.3) is 0 Å². The van der Waals surface area contributed by atoms with Crippen LogP contribution in [0.25, 0.3) is 0 Å². The minimum absolute atomic E-state index is 0.305. The fraction of sp³-hybridized carbons (Fsp3) is 0.409. The van der Waals surface area contributed by atoms with Crippen molar-refractivity contribution in [2.45, 2.75) is 38.5 Å². The molecule has 0 N–H and O–H groups in total. The second-order valence-corrected chi connectivity index (χ2v) is 10.1. The Morgan fingerprint density at radius 2 is 1.87 bits per heavy atom. The second-order valence-electron chi connectivity index (χ2n) is 8.04. The van der Waals surface area contributed by atoms with E-state index in [2.05, 4.69) is 0 Å². The molecule has 0 aliphatic carbocycles. The van der Waals surface area contributed by atoms with E-state index in [1.807, 2.05) is 26.0 Å². The topological polar surface area (TPSA) is 82.1 Å². The van der Waals surface area contributed by atoms with Crippen LogP contribution in [0.5, 0.6) is 11.5 Å². The molecule has 0 amide bonds. The zero-order valence-electron chi connectivity index (χ0n) is 17.8. The third-order valence-corrected chi connectivity index (χ3v) is 6.45. The van der Waals surface area contributed by atoms with E-state index < -0.39 is 15.6 Å². The summed E-state index contributed by atoms with van der Waals surface area (Å²) in [7, 11) is -0.451. The van der Waals surface area contributed by atoms with Crippen molar-refractivity contribution in [2.24, 2.45) is 0 Å². The van der Waals surface area contributed by atoms with Gasteiger partial charge in [0.15, 0.2) is 0 Å². The third kappa shape index (κ3) is 4.94. The molecule has 30 heavy (non-hydrogen) atoms. The number of hydrogen-bond donors (Lipinski definition) is 0. The smallest absolute Gasteiger partial charge is 0.337 e. The lowest BCUT2D eigenvalue weighted by Crippen LogP contribution is -2.41. The van der Waals surface area contributed by atoms with E-state index in [9.17, 15) is 13.2 Å². The van der Waals surface area contributed by atoms with Gasteiger partial charge in [-0.25, -0.2) is 13.2 Å². The molecule has 3 rings (SSSR count). The van der Waals surface area contributed by atoms with Gasteiger partial charge < -0.3 is 14.2 Å². The molecule has 1 atom stereocenters. The van der Waals surface area contributed by atoms with Crippen LogP contribution >= 0.6 is 0 Å². The minimum Gasteiger partial charge on any atom is -0.489 e. The van der Waals surface area contributed by atoms with Crippen molar-refractivity contribution in [2.75, 3.05) is 20.4 Å². The number of fused-ring (bicyclic) bond motifs is 1. The summed E-state index contributed by atoms with van der Waals surface area (Å²) < 4.78 is 42.4. The fourth-order valence-corrected chi connectivity index (χ4v) is 4.11. The summed E-state index contributed by atoms with van der Waals surface area (Å²) >= 11 is 0. The normalized spacial score (nSPS) is 17.7. The van der Waals surface area contributed by atoms with Crippen molar-refractivity contribution < 1.29 is 27.4 Å². The van der Waals surface area contributed by atoms with Crippen molar-refractivity contribution in [3.8, 4) is 11.5 Å². The average Bonchev–Trinajstić information content (AvgIpc) is 2.69. The SMILES string of the molecule is COC(=O)c1ccc(COc2ccc3c(c2)C(N(C)S(C)(=O)=O)CC(C)(C)O3)cc1. The van der Waals surface area contributed by atoms with E-state index in [0.29, 0.717) is 30.1 Å². The van der Waals surface area contributed by atoms with Gasteiger partial charge in [-0.05, 0) is 49.7 Å².